The SMILES string of the molecule is Cc1cc2c(-c3ccccc3)c3cc(C)c(=O)cc-3oc2cc1O. The molecule has 118 valence electrons. The number of hydrogen-bond donors (Lipinski definition) is 1. The van der Waals surface area contributed by atoms with Gasteiger partial charge in [0, 0.05) is 28.6 Å². The number of aromatic hydroxyl groups is 1. The Labute approximate surface area is 139 Å². The molecule has 0 unspecified atom stereocenters. The van der Waals surface area contributed by atoms with Crippen LogP contribution < -0.4 is 5.43 Å². The van der Waals surface area contributed by atoms with Crippen LogP contribution in [0.25, 0.3) is 33.4 Å². The van der Waals surface area contributed by atoms with Crippen molar-refractivity contribution in [2.45, 2.75) is 13.8 Å². The summed E-state index contributed by atoms with van der Waals surface area (Å²) in [5.74, 6) is 0.708. The molecule has 2 aromatic rings. The van der Waals surface area contributed by atoms with Gasteiger partial charge in [0.15, 0.2) is 5.43 Å². The maximum atomic E-state index is 12.0. The fraction of sp³-hybridized carbons (Fsp3) is 0.0952. The van der Waals surface area contributed by atoms with Crippen LogP contribution in [0.15, 0.2) is 63.8 Å². The highest BCUT2D eigenvalue weighted by atomic mass is 16.3. The van der Waals surface area contributed by atoms with Crippen LogP contribution in [-0.4, -0.2) is 5.11 Å². The summed E-state index contributed by atoms with van der Waals surface area (Å²) in [4.78, 5) is 12.0. The first-order valence-corrected chi connectivity index (χ1v) is 7.81. The summed E-state index contributed by atoms with van der Waals surface area (Å²) in [5.41, 5.74) is 4.94. The van der Waals surface area contributed by atoms with Gasteiger partial charge in [0.1, 0.15) is 17.1 Å². The third-order valence-corrected chi connectivity index (χ3v) is 4.40. The van der Waals surface area contributed by atoms with E-state index in [0.29, 0.717) is 16.9 Å². The molecule has 0 aromatic heterocycles. The molecule has 3 nitrogen and oxygen atoms in total. The van der Waals surface area contributed by atoms with Gasteiger partial charge in [-0.05, 0) is 42.7 Å². The molecule has 1 heterocycles. The molecule has 1 aliphatic heterocycles. The van der Waals surface area contributed by atoms with E-state index in [0.717, 1.165) is 27.6 Å². The molecule has 24 heavy (non-hydrogen) atoms. The number of benzene rings is 3. The van der Waals surface area contributed by atoms with Crippen LogP contribution in [-0.2, 0) is 0 Å². The van der Waals surface area contributed by atoms with Crippen LogP contribution in [0.4, 0.5) is 0 Å². The minimum atomic E-state index is -0.0547. The quantitative estimate of drug-likeness (QED) is 0.509. The maximum absolute atomic E-state index is 12.0. The Kier molecular flexibility index (Phi) is 3.17. The number of fused-ring (bicyclic) bond motifs is 2. The molecular weight excluding hydrogens is 300 g/mol. The second kappa shape index (κ2) is 5.24. The number of phenols is 1. The first-order valence-electron chi connectivity index (χ1n) is 7.81. The van der Waals surface area contributed by atoms with Crippen molar-refractivity contribution in [3.63, 3.8) is 0 Å². The lowest BCUT2D eigenvalue weighted by atomic mass is 9.92. The minimum Gasteiger partial charge on any atom is -0.508 e. The lowest BCUT2D eigenvalue weighted by Crippen LogP contribution is -2.05. The predicted octanol–water partition coefficient (Wildman–Crippen LogP) is 4.89. The largest absolute Gasteiger partial charge is 0.508 e. The van der Waals surface area contributed by atoms with Crippen LogP contribution in [0.3, 0.4) is 0 Å². The molecule has 0 bridgehead atoms. The molecule has 0 spiro atoms. The van der Waals surface area contributed by atoms with Gasteiger partial charge in [-0.25, -0.2) is 0 Å². The van der Waals surface area contributed by atoms with Crippen LogP contribution in [0.1, 0.15) is 11.1 Å². The molecule has 1 N–H and O–H groups in total. The Morgan fingerprint density at radius 2 is 1.67 bits per heavy atom. The van der Waals surface area contributed by atoms with Crippen molar-refractivity contribution in [3.8, 4) is 28.2 Å². The molecule has 2 aliphatic rings. The average molecular weight is 316 g/mol. The van der Waals surface area contributed by atoms with Gasteiger partial charge in [0.05, 0.1) is 0 Å². The van der Waals surface area contributed by atoms with Crippen molar-refractivity contribution < 1.29 is 9.52 Å². The smallest absolute Gasteiger partial charge is 0.185 e. The van der Waals surface area contributed by atoms with E-state index in [1.807, 2.05) is 56.3 Å². The van der Waals surface area contributed by atoms with E-state index in [2.05, 4.69) is 0 Å². The second-order valence-corrected chi connectivity index (χ2v) is 6.09. The normalized spacial score (nSPS) is 11.2. The van der Waals surface area contributed by atoms with Gasteiger partial charge in [-0.1, -0.05) is 30.3 Å². The third kappa shape index (κ3) is 2.17. The lowest BCUT2D eigenvalue weighted by Gasteiger charge is -2.16. The van der Waals surface area contributed by atoms with Gasteiger partial charge in [0.25, 0.3) is 0 Å². The molecule has 0 saturated carbocycles. The molecular formula is C21H16O3. The Hall–Kier alpha value is -3.07. The lowest BCUT2D eigenvalue weighted by molar-refractivity contribution is 0.470. The second-order valence-electron chi connectivity index (χ2n) is 6.09. The average Bonchev–Trinajstić information content (AvgIpc) is 2.57. The van der Waals surface area contributed by atoms with Crippen molar-refractivity contribution in [1.82, 2.24) is 0 Å². The molecule has 1 aliphatic carbocycles. The monoisotopic (exact) mass is 316 g/mol. The predicted molar refractivity (Wildman–Crippen MR) is 95.7 cm³/mol. The van der Waals surface area contributed by atoms with Crippen LogP contribution in [0.5, 0.6) is 5.75 Å². The van der Waals surface area contributed by atoms with E-state index in [-0.39, 0.29) is 11.2 Å². The molecule has 0 fully saturated rings. The molecule has 3 heteroatoms. The van der Waals surface area contributed by atoms with E-state index >= 15 is 0 Å². The van der Waals surface area contributed by atoms with Crippen molar-refractivity contribution in [2.24, 2.45) is 0 Å². The highest BCUT2D eigenvalue weighted by Gasteiger charge is 2.19. The standard InChI is InChI=1S/C21H16O3/c1-12-8-15-19(10-17(12)22)24-20-11-18(23)13(2)9-16(20)21(15)14-6-4-3-5-7-14/h3-11,22H,1-2H3. The zero-order valence-electron chi connectivity index (χ0n) is 13.5. The maximum Gasteiger partial charge on any atom is 0.185 e. The van der Waals surface area contributed by atoms with Crippen molar-refractivity contribution in [3.05, 3.63) is 75.9 Å². The highest BCUT2D eigenvalue weighted by molar-refractivity contribution is 6.02. The Morgan fingerprint density at radius 3 is 2.42 bits per heavy atom. The van der Waals surface area contributed by atoms with Crippen molar-refractivity contribution in [2.75, 3.05) is 0 Å². The van der Waals surface area contributed by atoms with E-state index < -0.39 is 0 Å². The molecule has 0 amide bonds. The number of aryl methyl sites for hydroxylation is 2. The summed E-state index contributed by atoms with van der Waals surface area (Å²) in [6.45, 7) is 3.67. The van der Waals surface area contributed by atoms with Gasteiger partial charge >= 0.3 is 0 Å². The summed E-state index contributed by atoms with van der Waals surface area (Å²) in [6.07, 6.45) is 0. The topological polar surface area (TPSA) is 50.4 Å². The molecule has 0 radical (unpaired) electrons. The molecule has 2 aromatic carbocycles. The first kappa shape index (κ1) is 14.5. The third-order valence-electron chi connectivity index (χ3n) is 4.40. The van der Waals surface area contributed by atoms with E-state index in [9.17, 15) is 9.90 Å². The summed E-state index contributed by atoms with van der Waals surface area (Å²) in [5, 5.41) is 10.9. The van der Waals surface area contributed by atoms with E-state index in [1.165, 1.54) is 6.07 Å². The van der Waals surface area contributed by atoms with Gasteiger partial charge in [-0.3, -0.25) is 4.79 Å². The fourth-order valence-corrected chi connectivity index (χ4v) is 3.09. The zero-order chi connectivity index (χ0) is 16.8. The van der Waals surface area contributed by atoms with Gasteiger partial charge in [-0.2, -0.15) is 0 Å². The van der Waals surface area contributed by atoms with Crippen molar-refractivity contribution >= 4 is 11.0 Å². The Balaban J connectivity index is 2.25. The summed E-state index contributed by atoms with van der Waals surface area (Å²) < 4.78 is 5.92. The van der Waals surface area contributed by atoms with Gasteiger partial charge in [-0.15, -0.1) is 0 Å². The Bertz CT molecular complexity index is 1090. The van der Waals surface area contributed by atoms with Crippen LogP contribution in [0.2, 0.25) is 0 Å². The van der Waals surface area contributed by atoms with Gasteiger partial charge < -0.3 is 9.52 Å². The summed E-state index contributed by atoms with van der Waals surface area (Å²) >= 11 is 0. The number of hydrogen-bond acceptors (Lipinski definition) is 3. The number of phenolic OH excluding ortho intramolecular Hbond substituents is 1. The van der Waals surface area contributed by atoms with Gasteiger partial charge in [0.2, 0.25) is 0 Å². The van der Waals surface area contributed by atoms with E-state index in [4.69, 9.17) is 4.42 Å². The summed E-state index contributed by atoms with van der Waals surface area (Å²) in [7, 11) is 0. The first-order chi connectivity index (χ1) is 11.5. The zero-order valence-corrected chi connectivity index (χ0v) is 13.5. The molecule has 0 saturated heterocycles. The van der Waals surface area contributed by atoms with Crippen molar-refractivity contribution in [1.29, 1.82) is 0 Å². The summed E-state index contributed by atoms with van der Waals surface area (Å²) in [6, 6.07) is 17.0. The minimum absolute atomic E-state index is 0.0547. The van der Waals surface area contributed by atoms with Crippen LogP contribution in [0, 0.1) is 13.8 Å². The highest BCUT2D eigenvalue weighted by Crippen LogP contribution is 2.41. The van der Waals surface area contributed by atoms with E-state index in [1.54, 1.807) is 6.07 Å². The number of rotatable bonds is 1. The molecule has 4 rings (SSSR count). The molecule has 0 atom stereocenters. The Morgan fingerprint density at radius 1 is 0.917 bits per heavy atom. The van der Waals surface area contributed by atoms with Crippen LogP contribution >= 0.6 is 0 Å². The fourth-order valence-electron chi connectivity index (χ4n) is 3.09.